The van der Waals surface area contributed by atoms with Crippen LogP contribution in [-0.2, 0) is 0 Å². The lowest BCUT2D eigenvalue weighted by Gasteiger charge is -2.24. The highest BCUT2D eigenvalue weighted by Crippen LogP contribution is 2.21. The van der Waals surface area contributed by atoms with Gasteiger partial charge in [-0.25, -0.2) is 8.78 Å². The maximum atomic E-state index is 12.3. The SMILES string of the molecule is C=N/C(C(=C)N)=C1/C=CC=CN1CC(F)F. The smallest absolute Gasteiger partial charge is 0.256 e. The Morgan fingerprint density at radius 3 is 2.69 bits per heavy atom. The third kappa shape index (κ3) is 2.79. The van der Waals surface area contributed by atoms with E-state index in [2.05, 4.69) is 18.3 Å². The zero-order valence-electron chi connectivity index (χ0n) is 8.74. The third-order valence-electron chi connectivity index (χ3n) is 1.98. The van der Waals surface area contributed by atoms with Crippen LogP contribution in [0.25, 0.3) is 0 Å². The van der Waals surface area contributed by atoms with Crippen molar-refractivity contribution in [1.82, 2.24) is 4.90 Å². The summed E-state index contributed by atoms with van der Waals surface area (Å²) in [6, 6.07) is 0. The number of nitrogens with zero attached hydrogens (tertiary/aromatic N) is 2. The zero-order chi connectivity index (χ0) is 12.1. The van der Waals surface area contributed by atoms with E-state index in [1.807, 2.05) is 0 Å². The molecule has 0 amide bonds. The number of halogens is 2. The first-order chi connectivity index (χ1) is 7.56. The van der Waals surface area contributed by atoms with Gasteiger partial charge in [-0.3, -0.25) is 4.99 Å². The summed E-state index contributed by atoms with van der Waals surface area (Å²) in [5.74, 6) is 0. The number of alkyl halides is 2. The molecule has 1 heterocycles. The van der Waals surface area contributed by atoms with Gasteiger partial charge in [0.05, 0.1) is 17.9 Å². The molecule has 1 aliphatic rings. The zero-order valence-corrected chi connectivity index (χ0v) is 8.74. The predicted molar refractivity (Wildman–Crippen MR) is 60.9 cm³/mol. The molecule has 0 bridgehead atoms. The van der Waals surface area contributed by atoms with Crippen molar-refractivity contribution < 1.29 is 8.78 Å². The molecule has 86 valence electrons. The van der Waals surface area contributed by atoms with E-state index in [1.54, 1.807) is 18.2 Å². The second kappa shape index (κ2) is 5.25. The lowest BCUT2D eigenvalue weighted by molar-refractivity contribution is 0.120. The molecule has 0 atom stereocenters. The van der Waals surface area contributed by atoms with Gasteiger partial charge >= 0.3 is 0 Å². The van der Waals surface area contributed by atoms with Crippen LogP contribution in [0.3, 0.4) is 0 Å². The summed E-state index contributed by atoms with van der Waals surface area (Å²) >= 11 is 0. The van der Waals surface area contributed by atoms with E-state index in [-0.39, 0.29) is 5.70 Å². The second-order valence-corrected chi connectivity index (χ2v) is 3.16. The number of hydrogen-bond acceptors (Lipinski definition) is 3. The molecule has 0 spiro atoms. The molecule has 5 heteroatoms. The van der Waals surface area contributed by atoms with Crippen molar-refractivity contribution in [2.75, 3.05) is 6.54 Å². The van der Waals surface area contributed by atoms with Crippen molar-refractivity contribution >= 4 is 6.72 Å². The summed E-state index contributed by atoms with van der Waals surface area (Å²) in [7, 11) is 0. The lowest BCUT2D eigenvalue weighted by atomic mass is 10.2. The van der Waals surface area contributed by atoms with Crippen molar-refractivity contribution in [1.29, 1.82) is 0 Å². The van der Waals surface area contributed by atoms with Crippen molar-refractivity contribution in [2.45, 2.75) is 6.43 Å². The van der Waals surface area contributed by atoms with E-state index in [1.165, 1.54) is 11.1 Å². The summed E-state index contributed by atoms with van der Waals surface area (Å²) in [4.78, 5) is 5.07. The Morgan fingerprint density at radius 1 is 1.50 bits per heavy atom. The van der Waals surface area contributed by atoms with Gasteiger partial charge in [-0.15, -0.1) is 0 Å². The number of aliphatic imine (C=N–C) groups is 1. The van der Waals surface area contributed by atoms with E-state index in [9.17, 15) is 8.78 Å². The van der Waals surface area contributed by atoms with Crippen LogP contribution in [0, 0.1) is 0 Å². The molecule has 2 N–H and O–H groups in total. The monoisotopic (exact) mass is 225 g/mol. The van der Waals surface area contributed by atoms with Gasteiger partial charge in [0, 0.05) is 6.20 Å². The molecule has 0 saturated carbocycles. The first-order valence-electron chi connectivity index (χ1n) is 4.61. The van der Waals surface area contributed by atoms with Crippen LogP contribution in [0.1, 0.15) is 0 Å². The number of rotatable bonds is 4. The molecule has 16 heavy (non-hydrogen) atoms. The van der Waals surface area contributed by atoms with Gasteiger partial charge in [-0.1, -0.05) is 12.7 Å². The Kier molecular flexibility index (Phi) is 3.99. The molecule has 0 aliphatic carbocycles. The highest BCUT2D eigenvalue weighted by atomic mass is 19.3. The van der Waals surface area contributed by atoms with Gasteiger partial charge in [0.15, 0.2) is 0 Å². The van der Waals surface area contributed by atoms with Crippen LogP contribution < -0.4 is 5.73 Å². The fourth-order valence-electron chi connectivity index (χ4n) is 1.35. The predicted octanol–water partition coefficient (Wildman–Crippen LogP) is 2.02. The summed E-state index contributed by atoms with van der Waals surface area (Å²) in [5, 5.41) is 0. The average molecular weight is 225 g/mol. The normalized spacial score (nSPS) is 17.8. The molecule has 0 aromatic heterocycles. The van der Waals surface area contributed by atoms with Crippen LogP contribution in [0.4, 0.5) is 8.78 Å². The maximum Gasteiger partial charge on any atom is 0.256 e. The van der Waals surface area contributed by atoms with Crippen LogP contribution in [0.5, 0.6) is 0 Å². The number of nitrogens with two attached hydrogens (primary N) is 1. The van der Waals surface area contributed by atoms with Gasteiger partial charge < -0.3 is 10.6 Å². The fourth-order valence-corrected chi connectivity index (χ4v) is 1.35. The first kappa shape index (κ1) is 12.2. The minimum absolute atomic E-state index is 0.198. The minimum atomic E-state index is -2.44. The van der Waals surface area contributed by atoms with Gasteiger partial charge in [-0.05, 0) is 18.9 Å². The highest BCUT2D eigenvalue weighted by molar-refractivity contribution is 5.44. The van der Waals surface area contributed by atoms with Gasteiger partial charge in [-0.2, -0.15) is 0 Å². The van der Waals surface area contributed by atoms with Gasteiger partial charge in [0.25, 0.3) is 6.43 Å². The molecule has 0 aromatic rings. The Hall–Kier alpha value is -1.91. The molecule has 1 aliphatic heterocycles. The lowest BCUT2D eigenvalue weighted by Crippen LogP contribution is -2.25. The molecule has 0 radical (unpaired) electrons. The standard InChI is InChI=1S/C11H13F2N3/c1-8(14)11(15-2)9-5-3-4-6-16(9)7-10(12)13/h3-6,10H,1-2,7,14H2/b11-9-. The van der Waals surface area contributed by atoms with Crippen molar-refractivity contribution in [3.63, 3.8) is 0 Å². The highest BCUT2D eigenvalue weighted by Gasteiger charge is 2.16. The Bertz CT molecular complexity index is 381. The third-order valence-corrected chi connectivity index (χ3v) is 1.98. The molecule has 0 saturated heterocycles. The molecule has 0 aromatic carbocycles. The largest absolute Gasteiger partial charge is 0.397 e. The van der Waals surface area contributed by atoms with Crippen LogP contribution in [0.15, 0.2) is 53.1 Å². The Morgan fingerprint density at radius 2 is 2.19 bits per heavy atom. The van der Waals surface area contributed by atoms with E-state index in [0.717, 1.165) is 0 Å². The molecule has 0 fully saturated rings. The summed E-state index contributed by atoms with van der Waals surface area (Å²) in [6.07, 6.45) is 4.11. The van der Waals surface area contributed by atoms with E-state index in [0.29, 0.717) is 11.4 Å². The summed E-state index contributed by atoms with van der Waals surface area (Å²) in [5.41, 5.74) is 6.51. The quantitative estimate of drug-likeness (QED) is 0.744. The molecular formula is C11H13F2N3. The fraction of sp³-hybridized carbons (Fsp3) is 0.182. The van der Waals surface area contributed by atoms with Crippen molar-refractivity contribution in [3.8, 4) is 0 Å². The second-order valence-electron chi connectivity index (χ2n) is 3.16. The Labute approximate surface area is 93.0 Å². The minimum Gasteiger partial charge on any atom is -0.397 e. The molecule has 0 unspecified atom stereocenters. The molecule has 1 rings (SSSR count). The van der Waals surface area contributed by atoms with Crippen molar-refractivity contribution in [3.05, 3.63) is 48.1 Å². The van der Waals surface area contributed by atoms with Gasteiger partial charge in [0.1, 0.15) is 5.70 Å². The van der Waals surface area contributed by atoms with E-state index >= 15 is 0 Å². The molecular weight excluding hydrogens is 212 g/mol. The summed E-state index contributed by atoms with van der Waals surface area (Å²) in [6.45, 7) is 6.47. The topological polar surface area (TPSA) is 41.6 Å². The number of hydrogen-bond donors (Lipinski definition) is 1. The first-order valence-corrected chi connectivity index (χ1v) is 4.61. The number of allylic oxidation sites excluding steroid dienone is 3. The average Bonchev–Trinajstić information content (AvgIpc) is 2.20. The van der Waals surface area contributed by atoms with Crippen molar-refractivity contribution in [2.24, 2.45) is 10.7 Å². The van der Waals surface area contributed by atoms with Crippen LogP contribution in [-0.4, -0.2) is 24.6 Å². The van der Waals surface area contributed by atoms with Gasteiger partial charge in [0.2, 0.25) is 0 Å². The summed E-state index contributed by atoms with van der Waals surface area (Å²) < 4.78 is 24.7. The molecule has 3 nitrogen and oxygen atoms in total. The maximum absolute atomic E-state index is 12.3. The van der Waals surface area contributed by atoms with E-state index < -0.39 is 13.0 Å². The Balaban J connectivity index is 3.07. The van der Waals surface area contributed by atoms with E-state index in [4.69, 9.17) is 5.73 Å². The van der Waals surface area contributed by atoms with Crippen LogP contribution in [0.2, 0.25) is 0 Å². The van der Waals surface area contributed by atoms with Crippen LogP contribution >= 0.6 is 0 Å².